The number of rotatable bonds is 11. The summed E-state index contributed by atoms with van der Waals surface area (Å²) in [6, 6.07) is 20.7. The zero-order chi connectivity index (χ0) is 26.1. The third-order valence-electron chi connectivity index (χ3n) is 5.79. The van der Waals surface area contributed by atoms with Gasteiger partial charge < -0.3 is 15.0 Å². The van der Waals surface area contributed by atoms with Gasteiger partial charge in [-0.15, -0.1) is 0 Å². The van der Waals surface area contributed by atoms with Gasteiger partial charge in [-0.05, 0) is 54.8 Å². The SMILES string of the molecule is CCC(C)NC(=O)C(Cc1ccccc1)N(Cc1ccc(Cl)cc1Cl)C(=O)COc1cccc(Cl)c1. The molecule has 2 amide bonds. The largest absolute Gasteiger partial charge is 0.484 e. The number of nitrogens with one attached hydrogen (secondary N) is 1. The van der Waals surface area contributed by atoms with E-state index < -0.39 is 6.04 Å². The molecule has 0 aliphatic carbocycles. The Morgan fingerprint density at radius 1 is 0.944 bits per heavy atom. The van der Waals surface area contributed by atoms with E-state index in [4.69, 9.17) is 39.5 Å². The molecule has 0 radical (unpaired) electrons. The number of benzene rings is 3. The molecule has 3 rings (SSSR count). The minimum Gasteiger partial charge on any atom is -0.484 e. The smallest absolute Gasteiger partial charge is 0.261 e. The number of carbonyl (C=O) groups excluding carboxylic acids is 2. The number of halogens is 3. The van der Waals surface area contributed by atoms with Crippen LogP contribution in [0.1, 0.15) is 31.4 Å². The van der Waals surface area contributed by atoms with Crippen molar-refractivity contribution in [1.29, 1.82) is 0 Å². The quantitative estimate of drug-likeness (QED) is 0.295. The average Bonchev–Trinajstić information content (AvgIpc) is 2.86. The molecule has 8 heteroatoms. The van der Waals surface area contributed by atoms with Gasteiger partial charge in [0.25, 0.3) is 5.91 Å². The maximum Gasteiger partial charge on any atom is 0.261 e. The van der Waals surface area contributed by atoms with Gasteiger partial charge in [0.1, 0.15) is 11.8 Å². The zero-order valence-electron chi connectivity index (χ0n) is 20.2. The predicted octanol–water partition coefficient (Wildman–Crippen LogP) is 6.58. The Morgan fingerprint density at radius 2 is 1.67 bits per heavy atom. The molecule has 2 unspecified atom stereocenters. The van der Waals surface area contributed by atoms with Gasteiger partial charge in [-0.25, -0.2) is 0 Å². The summed E-state index contributed by atoms with van der Waals surface area (Å²) < 4.78 is 5.74. The molecule has 5 nitrogen and oxygen atoms in total. The first kappa shape index (κ1) is 27.9. The summed E-state index contributed by atoms with van der Waals surface area (Å²) in [5, 5.41) is 4.43. The van der Waals surface area contributed by atoms with Crippen LogP contribution in [0.15, 0.2) is 72.8 Å². The molecule has 1 N–H and O–H groups in total. The molecule has 0 aliphatic rings. The highest BCUT2D eigenvalue weighted by Crippen LogP contribution is 2.24. The summed E-state index contributed by atoms with van der Waals surface area (Å²) in [5.74, 6) is -0.139. The highest BCUT2D eigenvalue weighted by Gasteiger charge is 2.31. The van der Waals surface area contributed by atoms with Crippen molar-refractivity contribution >= 4 is 46.6 Å². The van der Waals surface area contributed by atoms with Gasteiger partial charge >= 0.3 is 0 Å². The zero-order valence-corrected chi connectivity index (χ0v) is 22.5. The van der Waals surface area contributed by atoms with Crippen molar-refractivity contribution in [3.8, 4) is 5.75 Å². The van der Waals surface area contributed by atoms with Crippen LogP contribution in [0, 0.1) is 0 Å². The number of nitrogens with zero attached hydrogens (tertiary/aromatic N) is 1. The van der Waals surface area contributed by atoms with Crippen molar-refractivity contribution < 1.29 is 14.3 Å². The minimum absolute atomic E-state index is 0.0467. The van der Waals surface area contributed by atoms with Crippen LogP contribution in [0.5, 0.6) is 5.75 Å². The maximum atomic E-state index is 13.6. The summed E-state index contributed by atoms with van der Waals surface area (Å²) in [7, 11) is 0. The lowest BCUT2D eigenvalue weighted by Crippen LogP contribution is -2.53. The molecule has 0 aliphatic heterocycles. The molecular formula is C28H29Cl3N2O3. The van der Waals surface area contributed by atoms with Crippen LogP contribution in [0.4, 0.5) is 0 Å². The first-order valence-corrected chi connectivity index (χ1v) is 12.9. The summed E-state index contributed by atoms with van der Waals surface area (Å²) in [6.45, 7) is 3.76. The van der Waals surface area contributed by atoms with Crippen LogP contribution in [0.3, 0.4) is 0 Å². The second-order valence-electron chi connectivity index (χ2n) is 8.53. The highest BCUT2D eigenvalue weighted by molar-refractivity contribution is 6.35. The van der Waals surface area contributed by atoms with Gasteiger partial charge in [-0.2, -0.15) is 0 Å². The van der Waals surface area contributed by atoms with Crippen molar-refractivity contribution in [2.75, 3.05) is 6.61 Å². The highest BCUT2D eigenvalue weighted by atomic mass is 35.5. The maximum absolute atomic E-state index is 13.6. The number of ether oxygens (including phenoxy) is 1. The summed E-state index contributed by atoms with van der Waals surface area (Å²) in [5.41, 5.74) is 1.60. The molecular weight excluding hydrogens is 519 g/mol. The molecule has 3 aromatic carbocycles. The average molecular weight is 548 g/mol. The van der Waals surface area contributed by atoms with Crippen molar-refractivity contribution in [2.24, 2.45) is 0 Å². The number of hydrogen-bond acceptors (Lipinski definition) is 3. The van der Waals surface area contributed by atoms with Crippen LogP contribution >= 0.6 is 34.8 Å². The fourth-order valence-corrected chi connectivity index (χ4v) is 4.26. The predicted molar refractivity (Wildman–Crippen MR) is 146 cm³/mol. The second kappa shape index (κ2) is 13.5. The van der Waals surface area contributed by atoms with Crippen LogP contribution in [-0.4, -0.2) is 35.4 Å². The molecule has 0 saturated heterocycles. The van der Waals surface area contributed by atoms with Gasteiger partial charge in [-0.3, -0.25) is 9.59 Å². The molecule has 0 aromatic heterocycles. The van der Waals surface area contributed by atoms with E-state index in [1.807, 2.05) is 44.2 Å². The van der Waals surface area contributed by atoms with Crippen LogP contribution in [0.2, 0.25) is 15.1 Å². The lowest BCUT2D eigenvalue weighted by Gasteiger charge is -2.32. The van der Waals surface area contributed by atoms with Gasteiger partial charge in [0, 0.05) is 34.1 Å². The Labute approximate surface area is 227 Å². The molecule has 190 valence electrons. The fraction of sp³-hybridized carbons (Fsp3) is 0.286. The van der Waals surface area contributed by atoms with Crippen LogP contribution < -0.4 is 10.1 Å². The van der Waals surface area contributed by atoms with Crippen LogP contribution in [-0.2, 0) is 22.6 Å². The second-order valence-corrected chi connectivity index (χ2v) is 9.81. The lowest BCUT2D eigenvalue weighted by atomic mass is 10.0. The van der Waals surface area contributed by atoms with Crippen LogP contribution in [0.25, 0.3) is 0 Å². The van der Waals surface area contributed by atoms with Crippen molar-refractivity contribution in [3.63, 3.8) is 0 Å². The molecule has 36 heavy (non-hydrogen) atoms. The van der Waals surface area contributed by atoms with E-state index in [2.05, 4.69) is 5.32 Å². The van der Waals surface area contributed by atoms with Crippen molar-refractivity contribution in [2.45, 2.75) is 45.3 Å². The first-order chi connectivity index (χ1) is 17.3. The first-order valence-electron chi connectivity index (χ1n) is 11.7. The lowest BCUT2D eigenvalue weighted by molar-refractivity contribution is -0.143. The van der Waals surface area contributed by atoms with Crippen molar-refractivity contribution in [3.05, 3.63) is 99.0 Å². The van der Waals surface area contributed by atoms with Gasteiger partial charge in [0.15, 0.2) is 6.61 Å². The number of carbonyl (C=O) groups is 2. The minimum atomic E-state index is -0.788. The van der Waals surface area contributed by atoms with Gasteiger partial charge in [-0.1, -0.05) is 84.2 Å². The Balaban J connectivity index is 1.94. The topological polar surface area (TPSA) is 58.6 Å². The third kappa shape index (κ3) is 8.16. The summed E-state index contributed by atoms with van der Waals surface area (Å²) in [4.78, 5) is 28.6. The van der Waals surface area contributed by atoms with Gasteiger partial charge in [0.05, 0.1) is 0 Å². The van der Waals surface area contributed by atoms with E-state index in [1.54, 1.807) is 42.5 Å². The molecule has 0 spiro atoms. The Kier molecular flexibility index (Phi) is 10.5. The van der Waals surface area contributed by atoms with E-state index >= 15 is 0 Å². The van der Waals surface area contributed by atoms with Gasteiger partial charge in [0.2, 0.25) is 5.91 Å². The standard InChI is InChI=1S/C28H29Cl3N2O3/c1-3-19(2)32-28(35)26(14-20-8-5-4-6-9-20)33(17-21-12-13-23(30)16-25(21)31)27(34)18-36-24-11-7-10-22(29)15-24/h4-13,15-16,19,26H,3,14,17-18H2,1-2H3,(H,32,35). The molecule has 2 atom stereocenters. The van der Waals surface area contributed by atoms with E-state index in [0.717, 1.165) is 12.0 Å². The summed E-state index contributed by atoms with van der Waals surface area (Å²) >= 11 is 18.6. The molecule has 0 saturated carbocycles. The Morgan fingerprint density at radius 3 is 2.33 bits per heavy atom. The monoisotopic (exact) mass is 546 g/mol. The number of hydrogen-bond donors (Lipinski definition) is 1. The number of amides is 2. The van der Waals surface area contributed by atoms with E-state index in [1.165, 1.54) is 4.90 Å². The van der Waals surface area contributed by atoms with Crippen molar-refractivity contribution in [1.82, 2.24) is 10.2 Å². The van der Waals surface area contributed by atoms with E-state index in [9.17, 15) is 9.59 Å². The Hall–Kier alpha value is -2.73. The third-order valence-corrected chi connectivity index (χ3v) is 6.61. The molecule has 0 fully saturated rings. The normalized spacial score (nSPS) is 12.5. The summed E-state index contributed by atoms with van der Waals surface area (Å²) in [6.07, 6.45) is 1.09. The molecule has 0 heterocycles. The van der Waals surface area contributed by atoms with E-state index in [-0.39, 0.29) is 31.0 Å². The molecule has 3 aromatic rings. The van der Waals surface area contributed by atoms with E-state index in [0.29, 0.717) is 32.8 Å². The molecule has 0 bridgehead atoms. The fourth-order valence-electron chi connectivity index (χ4n) is 3.61. The Bertz CT molecular complexity index is 1170.